The van der Waals surface area contributed by atoms with Crippen LogP contribution in [0.25, 0.3) is 0 Å². The Morgan fingerprint density at radius 2 is 1.84 bits per heavy atom. The molecule has 2 saturated carbocycles. The lowest BCUT2D eigenvalue weighted by atomic mass is 9.79. The molecule has 0 radical (unpaired) electrons. The lowest BCUT2D eigenvalue weighted by Crippen LogP contribution is -2.46. The van der Waals surface area contributed by atoms with Crippen LogP contribution in [0.4, 0.5) is 0 Å². The first-order valence-electron chi connectivity index (χ1n) is 8.16. The molecule has 0 aromatic rings. The van der Waals surface area contributed by atoms with Gasteiger partial charge in [-0.1, -0.05) is 26.7 Å². The van der Waals surface area contributed by atoms with E-state index in [0.29, 0.717) is 11.3 Å². The molecule has 0 saturated heterocycles. The topological polar surface area (TPSA) is 29.1 Å². The van der Waals surface area contributed by atoms with Crippen molar-refractivity contribution in [2.45, 2.75) is 70.1 Å². The van der Waals surface area contributed by atoms with Crippen LogP contribution < -0.4 is 5.32 Å². The van der Waals surface area contributed by atoms with Gasteiger partial charge in [-0.15, -0.1) is 0 Å². The summed E-state index contributed by atoms with van der Waals surface area (Å²) in [7, 11) is 1.42. The summed E-state index contributed by atoms with van der Waals surface area (Å²) in [5, 5.41) is 3.82. The van der Waals surface area contributed by atoms with Crippen LogP contribution in [-0.2, 0) is 10.8 Å². The summed E-state index contributed by atoms with van der Waals surface area (Å²) in [5.74, 6) is 3.23. The zero-order valence-corrected chi connectivity index (χ0v) is 13.7. The minimum absolute atomic E-state index is 0.395. The predicted molar refractivity (Wildman–Crippen MR) is 83.8 cm³/mol. The minimum Gasteiger partial charge on any atom is -0.316 e. The van der Waals surface area contributed by atoms with Crippen molar-refractivity contribution >= 4 is 10.8 Å². The maximum Gasteiger partial charge on any atom is 0.0503 e. The van der Waals surface area contributed by atoms with Crippen LogP contribution in [0, 0.1) is 17.8 Å². The Kier molecular flexibility index (Phi) is 5.88. The molecule has 2 fully saturated rings. The number of hydrogen-bond donors (Lipinski definition) is 1. The van der Waals surface area contributed by atoms with Gasteiger partial charge in [0.25, 0.3) is 0 Å². The van der Waals surface area contributed by atoms with Gasteiger partial charge in [0.15, 0.2) is 0 Å². The second-order valence-corrected chi connectivity index (χ2v) is 8.65. The fourth-order valence-corrected chi connectivity index (χ4v) is 6.06. The molecule has 0 aromatic carbocycles. The lowest BCUT2D eigenvalue weighted by Gasteiger charge is -2.37. The average molecular weight is 285 g/mol. The Balaban J connectivity index is 1.94. The molecule has 2 aliphatic carbocycles. The van der Waals surface area contributed by atoms with E-state index in [1.807, 2.05) is 7.05 Å². The Morgan fingerprint density at radius 3 is 2.42 bits per heavy atom. The second-order valence-electron chi connectivity index (χ2n) is 6.95. The van der Waals surface area contributed by atoms with Crippen molar-refractivity contribution in [3.63, 3.8) is 0 Å². The fraction of sp³-hybridized carbons (Fsp3) is 1.00. The summed E-state index contributed by atoms with van der Waals surface area (Å²) in [6, 6.07) is 0.484. The van der Waals surface area contributed by atoms with Crippen molar-refractivity contribution in [2.24, 2.45) is 17.8 Å². The molecule has 0 aromatic heterocycles. The molecule has 0 heterocycles. The zero-order valence-electron chi connectivity index (χ0n) is 12.9. The molecule has 4 unspecified atom stereocenters. The van der Waals surface area contributed by atoms with E-state index in [-0.39, 0.29) is 0 Å². The van der Waals surface area contributed by atoms with Crippen molar-refractivity contribution in [1.82, 2.24) is 5.32 Å². The first-order valence-corrected chi connectivity index (χ1v) is 9.54. The third-order valence-corrected chi connectivity index (χ3v) is 7.35. The van der Waals surface area contributed by atoms with Crippen LogP contribution in [0.2, 0.25) is 0 Å². The molecule has 0 bridgehead atoms. The molecule has 19 heavy (non-hydrogen) atoms. The standard InChI is InChI=1S/C16H31NOS/c1-12(2)14-8-9-15(17-3)16(10-14)19(18)11-13-6-4-5-7-13/h12-17H,4-11H2,1-3H3. The molecule has 2 nitrogen and oxygen atoms in total. The van der Waals surface area contributed by atoms with Gasteiger partial charge >= 0.3 is 0 Å². The first kappa shape index (κ1) is 15.5. The van der Waals surface area contributed by atoms with Gasteiger partial charge < -0.3 is 5.32 Å². The second kappa shape index (κ2) is 7.21. The lowest BCUT2D eigenvalue weighted by molar-refractivity contribution is 0.249. The number of nitrogens with one attached hydrogen (secondary N) is 1. The monoisotopic (exact) mass is 285 g/mol. The van der Waals surface area contributed by atoms with E-state index in [9.17, 15) is 4.21 Å². The van der Waals surface area contributed by atoms with Gasteiger partial charge in [0.05, 0.1) is 5.25 Å². The smallest absolute Gasteiger partial charge is 0.0503 e. The van der Waals surface area contributed by atoms with Crippen LogP contribution in [0.1, 0.15) is 58.8 Å². The molecule has 0 aliphatic heterocycles. The van der Waals surface area contributed by atoms with E-state index in [2.05, 4.69) is 19.2 Å². The van der Waals surface area contributed by atoms with E-state index in [1.165, 1.54) is 44.9 Å². The van der Waals surface area contributed by atoms with Crippen molar-refractivity contribution < 1.29 is 4.21 Å². The molecule has 4 atom stereocenters. The highest BCUT2D eigenvalue weighted by Crippen LogP contribution is 2.34. The molecule has 112 valence electrons. The molecule has 0 amide bonds. The summed E-state index contributed by atoms with van der Waals surface area (Å²) in [5.41, 5.74) is 0. The zero-order chi connectivity index (χ0) is 13.8. The Bertz CT molecular complexity index is 299. The summed E-state index contributed by atoms with van der Waals surface area (Å²) in [4.78, 5) is 0. The fourth-order valence-electron chi connectivity index (χ4n) is 3.92. The highest BCUT2D eigenvalue weighted by atomic mass is 32.2. The van der Waals surface area contributed by atoms with Crippen LogP contribution in [0.3, 0.4) is 0 Å². The molecule has 1 N–H and O–H groups in total. The van der Waals surface area contributed by atoms with Gasteiger partial charge in [0, 0.05) is 22.6 Å². The van der Waals surface area contributed by atoms with E-state index < -0.39 is 10.8 Å². The molecule has 0 spiro atoms. The van der Waals surface area contributed by atoms with E-state index in [0.717, 1.165) is 23.5 Å². The number of rotatable bonds is 5. The van der Waals surface area contributed by atoms with E-state index in [4.69, 9.17) is 0 Å². The van der Waals surface area contributed by atoms with Crippen molar-refractivity contribution in [3.05, 3.63) is 0 Å². The number of hydrogen-bond acceptors (Lipinski definition) is 2. The molecular formula is C16H31NOS. The van der Waals surface area contributed by atoms with E-state index >= 15 is 0 Å². The summed E-state index contributed by atoms with van der Waals surface area (Å²) in [6.45, 7) is 4.64. The van der Waals surface area contributed by atoms with Gasteiger partial charge in [-0.2, -0.15) is 0 Å². The highest BCUT2D eigenvalue weighted by molar-refractivity contribution is 7.85. The molecule has 2 rings (SSSR count). The maximum absolute atomic E-state index is 12.8. The van der Waals surface area contributed by atoms with Crippen LogP contribution in [-0.4, -0.2) is 28.3 Å². The predicted octanol–water partition coefficient (Wildman–Crippen LogP) is 3.34. The quantitative estimate of drug-likeness (QED) is 0.839. The van der Waals surface area contributed by atoms with Gasteiger partial charge in [-0.25, -0.2) is 0 Å². The Morgan fingerprint density at radius 1 is 1.16 bits per heavy atom. The average Bonchev–Trinajstić information content (AvgIpc) is 2.90. The van der Waals surface area contributed by atoms with Crippen LogP contribution in [0.15, 0.2) is 0 Å². The maximum atomic E-state index is 12.8. The van der Waals surface area contributed by atoms with Gasteiger partial charge in [-0.05, 0) is 56.9 Å². The summed E-state index contributed by atoms with van der Waals surface area (Å²) < 4.78 is 12.8. The SMILES string of the molecule is CNC1CCC(C(C)C)CC1S(=O)CC1CCCC1. The minimum atomic E-state index is -0.626. The molecule has 3 heteroatoms. The van der Waals surface area contributed by atoms with E-state index in [1.54, 1.807) is 0 Å². The molecular weight excluding hydrogens is 254 g/mol. The Labute approximate surface area is 121 Å². The summed E-state index contributed by atoms with van der Waals surface area (Å²) in [6.07, 6.45) is 9.03. The Hall–Kier alpha value is 0.110. The van der Waals surface area contributed by atoms with Gasteiger partial charge in [0.2, 0.25) is 0 Å². The summed E-state index contributed by atoms with van der Waals surface area (Å²) >= 11 is 0. The third-order valence-electron chi connectivity index (χ3n) is 5.36. The largest absolute Gasteiger partial charge is 0.316 e. The molecule has 2 aliphatic rings. The third kappa shape index (κ3) is 4.04. The van der Waals surface area contributed by atoms with Crippen LogP contribution >= 0.6 is 0 Å². The van der Waals surface area contributed by atoms with Gasteiger partial charge in [-0.3, -0.25) is 4.21 Å². The van der Waals surface area contributed by atoms with Crippen molar-refractivity contribution in [1.29, 1.82) is 0 Å². The van der Waals surface area contributed by atoms with Crippen LogP contribution in [0.5, 0.6) is 0 Å². The van der Waals surface area contributed by atoms with Crippen molar-refractivity contribution in [2.75, 3.05) is 12.8 Å². The normalized spacial score (nSPS) is 34.8. The van der Waals surface area contributed by atoms with Crippen molar-refractivity contribution in [3.8, 4) is 0 Å². The first-order chi connectivity index (χ1) is 9.11. The highest BCUT2D eigenvalue weighted by Gasteiger charge is 2.35. The van der Waals surface area contributed by atoms with Gasteiger partial charge in [0.1, 0.15) is 0 Å².